The summed E-state index contributed by atoms with van der Waals surface area (Å²) in [5, 5.41) is 3.11. The van der Waals surface area contributed by atoms with Crippen LogP contribution in [0.5, 0.6) is 0 Å². The smallest absolute Gasteiger partial charge is 0.271 e. The van der Waals surface area contributed by atoms with Crippen LogP contribution < -0.4 is 16.8 Å². The van der Waals surface area contributed by atoms with E-state index in [-0.39, 0.29) is 11.7 Å². The van der Waals surface area contributed by atoms with Gasteiger partial charge in [0.2, 0.25) is 0 Å². The van der Waals surface area contributed by atoms with E-state index in [1.165, 1.54) is 12.4 Å². The topological polar surface area (TPSA) is 107 Å². The van der Waals surface area contributed by atoms with Crippen LogP contribution in [0.4, 0.5) is 5.82 Å². The number of unbranched alkanes of at least 4 members (excludes halogenated alkanes) is 1. The van der Waals surface area contributed by atoms with Crippen molar-refractivity contribution in [3.63, 3.8) is 0 Å². The molecular formula is C11H19N5O. The van der Waals surface area contributed by atoms with Gasteiger partial charge in [-0.3, -0.25) is 4.79 Å². The number of rotatable bonds is 7. The van der Waals surface area contributed by atoms with Crippen molar-refractivity contribution >= 4 is 11.7 Å². The first-order valence-electron chi connectivity index (χ1n) is 5.76. The molecule has 1 amide bonds. The number of hydrogen-bond donors (Lipinski definition) is 3. The Balaban J connectivity index is 2.75. The summed E-state index contributed by atoms with van der Waals surface area (Å²) < 4.78 is 0. The Kier molecular flexibility index (Phi) is 5.35. The molecule has 6 nitrogen and oxygen atoms in total. The van der Waals surface area contributed by atoms with Gasteiger partial charge in [-0.05, 0) is 6.42 Å². The van der Waals surface area contributed by atoms with Crippen LogP contribution in [0.25, 0.3) is 0 Å². The second-order valence-electron chi connectivity index (χ2n) is 3.84. The van der Waals surface area contributed by atoms with E-state index in [2.05, 4.69) is 22.2 Å². The van der Waals surface area contributed by atoms with Crippen LogP contribution in [0.3, 0.4) is 0 Å². The molecule has 0 saturated carbocycles. The average Bonchev–Trinajstić information content (AvgIpc) is 2.34. The lowest BCUT2D eigenvalue weighted by molar-refractivity contribution is 0.0996. The zero-order valence-electron chi connectivity index (χ0n) is 10.0. The van der Waals surface area contributed by atoms with Crippen LogP contribution in [0.2, 0.25) is 0 Å². The van der Waals surface area contributed by atoms with E-state index < -0.39 is 5.91 Å². The van der Waals surface area contributed by atoms with Crippen LogP contribution in [0.1, 0.15) is 36.7 Å². The van der Waals surface area contributed by atoms with Gasteiger partial charge in [-0.1, -0.05) is 19.8 Å². The predicted molar refractivity (Wildman–Crippen MR) is 66.5 cm³/mol. The maximum Gasteiger partial charge on any atom is 0.271 e. The van der Waals surface area contributed by atoms with Crippen molar-refractivity contribution < 1.29 is 4.79 Å². The van der Waals surface area contributed by atoms with Crippen molar-refractivity contribution in [2.45, 2.75) is 32.2 Å². The molecule has 0 aliphatic heterocycles. The molecular weight excluding hydrogens is 218 g/mol. The van der Waals surface area contributed by atoms with Crippen LogP contribution in [-0.4, -0.2) is 28.5 Å². The Hall–Kier alpha value is -1.69. The van der Waals surface area contributed by atoms with E-state index in [4.69, 9.17) is 11.5 Å². The molecule has 0 radical (unpaired) electrons. The van der Waals surface area contributed by atoms with Gasteiger partial charge in [0.25, 0.3) is 5.91 Å². The Morgan fingerprint density at radius 3 is 2.76 bits per heavy atom. The Bertz CT molecular complexity index is 369. The summed E-state index contributed by atoms with van der Waals surface area (Å²) in [6.07, 6.45) is 6.06. The number of amides is 1. The van der Waals surface area contributed by atoms with E-state index in [0.717, 1.165) is 19.3 Å². The quantitative estimate of drug-likeness (QED) is 0.640. The second-order valence-corrected chi connectivity index (χ2v) is 3.84. The number of nitrogens with zero attached hydrogens (tertiary/aromatic N) is 2. The molecule has 1 atom stereocenters. The average molecular weight is 237 g/mol. The molecule has 0 aliphatic carbocycles. The van der Waals surface area contributed by atoms with Gasteiger partial charge in [-0.2, -0.15) is 0 Å². The Morgan fingerprint density at radius 1 is 1.47 bits per heavy atom. The minimum Gasteiger partial charge on any atom is -0.364 e. The minimum atomic E-state index is -0.591. The summed E-state index contributed by atoms with van der Waals surface area (Å²) in [5.41, 5.74) is 11.0. The highest BCUT2D eigenvalue weighted by atomic mass is 16.1. The van der Waals surface area contributed by atoms with Gasteiger partial charge < -0.3 is 16.8 Å². The first-order chi connectivity index (χ1) is 8.19. The third-order valence-electron chi connectivity index (χ3n) is 2.46. The number of aromatic nitrogens is 2. The largest absolute Gasteiger partial charge is 0.364 e. The second kappa shape index (κ2) is 6.80. The van der Waals surface area contributed by atoms with E-state index in [1.54, 1.807) is 0 Å². The number of carbonyl (C=O) groups is 1. The SMILES string of the molecule is CCCCC(CN)Nc1nccnc1C(N)=O. The third kappa shape index (κ3) is 3.99. The zero-order valence-corrected chi connectivity index (χ0v) is 10.0. The van der Waals surface area contributed by atoms with Gasteiger partial charge in [0, 0.05) is 25.0 Å². The number of nitrogens with two attached hydrogens (primary N) is 2. The monoisotopic (exact) mass is 237 g/mol. The number of hydrogen-bond acceptors (Lipinski definition) is 5. The summed E-state index contributed by atoms with van der Waals surface area (Å²) in [6.45, 7) is 2.60. The molecule has 0 aliphatic rings. The standard InChI is InChI=1S/C11H19N5O/c1-2-3-4-8(7-12)16-11-9(10(13)17)14-5-6-15-11/h5-6,8H,2-4,7,12H2,1H3,(H2,13,17)(H,15,16). The number of nitrogens with one attached hydrogen (secondary N) is 1. The summed E-state index contributed by atoms with van der Waals surface area (Å²) >= 11 is 0. The first kappa shape index (κ1) is 13.4. The van der Waals surface area contributed by atoms with E-state index in [1.807, 2.05) is 0 Å². The van der Waals surface area contributed by atoms with Gasteiger partial charge in [-0.25, -0.2) is 9.97 Å². The Morgan fingerprint density at radius 2 is 2.18 bits per heavy atom. The van der Waals surface area contributed by atoms with Crippen LogP contribution in [-0.2, 0) is 0 Å². The molecule has 17 heavy (non-hydrogen) atoms. The van der Waals surface area contributed by atoms with Gasteiger partial charge in [0.15, 0.2) is 11.5 Å². The molecule has 94 valence electrons. The van der Waals surface area contributed by atoms with Gasteiger partial charge in [0.05, 0.1) is 0 Å². The lowest BCUT2D eigenvalue weighted by Gasteiger charge is -2.17. The molecule has 6 heteroatoms. The number of anilines is 1. The lowest BCUT2D eigenvalue weighted by Crippen LogP contribution is -2.30. The molecule has 0 saturated heterocycles. The molecule has 1 aromatic heterocycles. The summed E-state index contributed by atoms with van der Waals surface area (Å²) in [5.74, 6) is -0.182. The van der Waals surface area contributed by atoms with E-state index in [9.17, 15) is 4.79 Å². The van der Waals surface area contributed by atoms with Crippen molar-refractivity contribution in [3.05, 3.63) is 18.1 Å². The molecule has 0 aromatic carbocycles. The van der Waals surface area contributed by atoms with Crippen LogP contribution in [0, 0.1) is 0 Å². The molecule has 1 unspecified atom stereocenters. The van der Waals surface area contributed by atoms with Crippen LogP contribution >= 0.6 is 0 Å². The van der Waals surface area contributed by atoms with Crippen molar-refractivity contribution in [1.82, 2.24) is 9.97 Å². The highest BCUT2D eigenvalue weighted by Gasteiger charge is 2.14. The van der Waals surface area contributed by atoms with Gasteiger partial charge in [0.1, 0.15) is 0 Å². The number of primary amides is 1. The summed E-state index contributed by atoms with van der Waals surface area (Å²) in [7, 11) is 0. The molecule has 5 N–H and O–H groups in total. The van der Waals surface area contributed by atoms with Crippen molar-refractivity contribution in [3.8, 4) is 0 Å². The predicted octanol–water partition coefficient (Wildman–Crippen LogP) is 0.505. The van der Waals surface area contributed by atoms with E-state index >= 15 is 0 Å². The van der Waals surface area contributed by atoms with Gasteiger partial charge in [-0.15, -0.1) is 0 Å². The van der Waals surface area contributed by atoms with Crippen molar-refractivity contribution in [2.75, 3.05) is 11.9 Å². The maximum absolute atomic E-state index is 11.2. The fraction of sp³-hybridized carbons (Fsp3) is 0.545. The molecule has 1 aromatic rings. The van der Waals surface area contributed by atoms with E-state index in [0.29, 0.717) is 12.4 Å². The summed E-state index contributed by atoms with van der Waals surface area (Å²) in [6, 6.07) is 0.0877. The molecule has 1 rings (SSSR count). The third-order valence-corrected chi connectivity index (χ3v) is 2.46. The molecule has 0 bridgehead atoms. The van der Waals surface area contributed by atoms with Crippen LogP contribution in [0.15, 0.2) is 12.4 Å². The highest BCUT2D eigenvalue weighted by Crippen LogP contribution is 2.11. The molecule has 0 fully saturated rings. The highest BCUT2D eigenvalue weighted by molar-refractivity contribution is 5.95. The first-order valence-corrected chi connectivity index (χ1v) is 5.76. The zero-order chi connectivity index (χ0) is 12.7. The summed E-state index contributed by atoms with van der Waals surface area (Å²) in [4.78, 5) is 19.1. The fourth-order valence-electron chi connectivity index (χ4n) is 1.52. The molecule has 1 heterocycles. The number of carbonyl (C=O) groups excluding carboxylic acids is 1. The maximum atomic E-state index is 11.2. The fourth-order valence-corrected chi connectivity index (χ4v) is 1.52. The molecule has 0 spiro atoms. The Labute approximate surface area is 101 Å². The normalized spacial score (nSPS) is 12.1. The van der Waals surface area contributed by atoms with Crippen molar-refractivity contribution in [2.24, 2.45) is 11.5 Å². The van der Waals surface area contributed by atoms with Crippen molar-refractivity contribution in [1.29, 1.82) is 0 Å². The minimum absolute atomic E-state index is 0.0877. The van der Waals surface area contributed by atoms with Gasteiger partial charge >= 0.3 is 0 Å². The lowest BCUT2D eigenvalue weighted by atomic mass is 10.1.